The lowest BCUT2D eigenvalue weighted by molar-refractivity contribution is 0.220. The molecule has 0 aromatic carbocycles. The van der Waals surface area contributed by atoms with Crippen molar-refractivity contribution in [2.24, 2.45) is 23.7 Å². The van der Waals surface area contributed by atoms with Crippen LogP contribution in [-0.4, -0.2) is 0 Å². The van der Waals surface area contributed by atoms with Gasteiger partial charge >= 0.3 is 0 Å². The van der Waals surface area contributed by atoms with Crippen LogP contribution in [0.25, 0.3) is 0 Å². The fraction of sp³-hybridized carbons (Fsp3) is 1.00. The molecular formula is C23H48. The molecule has 0 nitrogen and oxygen atoms in total. The van der Waals surface area contributed by atoms with Gasteiger partial charge in [-0.3, -0.25) is 0 Å². The highest BCUT2D eigenvalue weighted by Crippen LogP contribution is 2.33. The zero-order chi connectivity index (χ0) is 17.5. The first-order valence-corrected chi connectivity index (χ1v) is 11.0. The van der Waals surface area contributed by atoms with E-state index in [2.05, 4.69) is 41.5 Å². The second kappa shape index (κ2) is 15.5. The monoisotopic (exact) mass is 324 g/mol. The fourth-order valence-corrected chi connectivity index (χ4v) is 4.26. The lowest BCUT2D eigenvalue weighted by Gasteiger charge is -2.29. The molecule has 0 aliphatic carbocycles. The summed E-state index contributed by atoms with van der Waals surface area (Å²) in [5.41, 5.74) is 0. The van der Waals surface area contributed by atoms with E-state index in [0.717, 1.165) is 23.7 Å². The molecule has 0 amide bonds. The van der Waals surface area contributed by atoms with E-state index in [1.54, 1.807) is 0 Å². The summed E-state index contributed by atoms with van der Waals surface area (Å²) in [7, 11) is 0. The molecule has 0 fully saturated rings. The summed E-state index contributed by atoms with van der Waals surface area (Å²) in [4.78, 5) is 0. The summed E-state index contributed by atoms with van der Waals surface area (Å²) in [6.45, 7) is 14.4. The van der Waals surface area contributed by atoms with Crippen molar-refractivity contribution in [2.75, 3.05) is 0 Å². The molecule has 140 valence electrons. The number of hydrogen-bond donors (Lipinski definition) is 0. The lowest BCUT2D eigenvalue weighted by Crippen LogP contribution is -2.18. The minimum atomic E-state index is 0.864. The summed E-state index contributed by atoms with van der Waals surface area (Å²) in [6, 6.07) is 0. The van der Waals surface area contributed by atoms with Gasteiger partial charge in [-0.1, -0.05) is 112 Å². The van der Waals surface area contributed by atoms with E-state index in [1.165, 1.54) is 83.5 Å². The van der Waals surface area contributed by atoms with Crippen molar-refractivity contribution in [1.82, 2.24) is 0 Å². The first-order valence-electron chi connectivity index (χ1n) is 11.0. The van der Waals surface area contributed by atoms with Gasteiger partial charge in [0.2, 0.25) is 0 Å². The number of hydrogen-bond acceptors (Lipinski definition) is 0. The molecule has 0 saturated carbocycles. The SMILES string of the molecule is CCCCCCCC(CC(CCCC)CC(C)C)C(C)CCC. The van der Waals surface area contributed by atoms with Crippen LogP contribution in [0.3, 0.4) is 0 Å². The second-order valence-electron chi connectivity index (χ2n) is 8.60. The third kappa shape index (κ3) is 13.0. The lowest BCUT2D eigenvalue weighted by atomic mass is 9.76. The van der Waals surface area contributed by atoms with Crippen LogP contribution in [0.15, 0.2) is 0 Å². The van der Waals surface area contributed by atoms with Gasteiger partial charge in [0.05, 0.1) is 0 Å². The van der Waals surface area contributed by atoms with Crippen molar-refractivity contribution in [3.8, 4) is 0 Å². The Morgan fingerprint density at radius 2 is 1.22 bits per heavy atom. The summed E-state index contributed by atoms with van der Waals surface area (Å²) in [6.07, 6.45) is 18.7. The maximum absolute atomic E-state index is 2.53. The molecule has 0 heteroatoms. The standard InChI is InChI=1S/C23H48/c1-7-10-12-13-14-17-23(21(6)15-9-3)19-22(16-11-8-2)18-20(4)5/h20-23H,7-19H2,1-6H3. The van der Waals surface area contributed by atoms with Crippen molar-refractivity contribution in [3.63, 3.8) is 0 Å². The summed E-state index contributed by atoms with van der Waals surface area (Å²) >= 11 is 0. The minimum absolute atomic E-state index is 0.864. The molecule has 0 aliphatic heterocycles. The molecule has 0 aliphatic rings. The summed E-state index contributed by atoms with van der Waals surface area (Å²) in [5, 5.41) is 0. The number of unbranched alkanes of at least 4 members (excludes halogenated alkanes) is 5. The Hall–Kier alpha value is 0. The van der Waals surface area contributed by atoms with Gasteiger partial charge in [0.25, 0.3) is 0 Å². The van der Waals surface area contributed by atoms with Crippen molar-refractivity contribution in [1.29, 1.82) is 0 Å². The minimum Gasteiger partial charge on any atom is -0.0654 e. The van der Waals surface area contributed by atoms with E-state index in [4.69, 9.17) is 0 Å². The zero-order valence-electron chi connectivity index (χ0n) is 17.5. The van der Waals surface area contributed by atoms with Crippen LogP contribution in [0.1, 0.15) is 125 Å². The van der Waals surface area contributed by atoms with Crippen LogP contribution in [0, 0.1) is 23.7 Å². The predicted molar refractivity (Wildman–Crippen MR) is 108 cm³/mol. The maximum Gasteiger partial charge on any atom is -0.0386 e. The van der Waals surface area contributed by atoms with Gasteiger partial charge < -0.3 is 0 Å². The Labute approximate surface area is 149 Å². The molecule has 0 saturated heterocycles. The van der Waals surface area contributed by atoms with E-state index in [-0.39, 0.29) is 0 Å². The highest BCUT2D eigenvalue weighted by molar-refractivity contribution is 4.73. The molecule has 3 atom stereocenters. The normalized spacial score (nSPS) is 15.8. The van der Waals surface area contributed by atoms with E-state index < -0.39 is 0 Å². The Morgan fingerprint density at radius 1 is 0.565 bits per heavy atom. The quantitative estimate of drug-likeness (QED) is 0.249. The molecule has 0 rings (SSSR count). The van der Waals surface area contributed by atoms with Crippen LogP contribution in [0.5, 0.6) is 0 Å². The van der Waals surface area contributed by atoms with E-state index in [9.17, 15) is 0 Å². The first kappa shape index (κ1) is 23.0. The van der Waals surface area contributed by atoms with Gasteiger partial charge in [-0.2, -0.15) is 0 Å². The third-order valence-electron chi connectivity index (χ3n) is 5.63. The van der Waals surface area contributed by atoms with Crippen molar-refractivity contribution >= 4 is 0 Å². The summed E-state index contributed by atoms with van der Waals surface area (Å²) in [5.74, 6) is 3.76. The Morgan fingerprint density at radius 3 is 1.78 bits per heavy atom. The average Bonchev–Trinajstić information content (AvgIpc) is 2.50. The van der Waals surface area contributed by atoms with Gasteiger partial charge in [-0.25, -0.2) is 0 Å². The average molecular weight is 325 g/mol. The molecule has 0 aromatic rings. The van der Waals surface area contributed by atoms with Crippen LogP contribution < -0.4 is 0 Å². The number of rotatable bonds is 16. The second-order valence-corrected chi connectivity index (χ2v) is 8.60. The Kier molecular flexibility index (Phi) is 15.5. The highest BCUT2D eigenvalue weighted by atomic mass is 14.3. The molecule has 0 spiro atoms. The topological polar surface area (TPSA) is 0 Å². The van der Waals surface area contributed by atoms with Crippen molar-refractivity contribution in [3.05, 3.63) is 0 Å². The van der Waals surface area contributed by atoms with Crippen LogP contribution >= 0.6 is 0 Å². The van der Waals surface area contributed by atoms with E-state index >= 15 is 0 Å². The van der Waals surface area contributed by atoms with Crippen LogP contribution in [-0.2, 0) is 0 Å². The highest BCUT2D eigenvalue weighted by Gasteiger charge is 2.21. The molecule has 0 N–H and O–H groups in total. The van der Waals surface area contributed by atoms with Crippen LogP contribution in [0.4, 0.5) is 0 Å². The third-order valence-corrected chi connectivity index (χ3v) is 5.63. The molecule has 0 bridgehead atoms. The van der Waals surface area contributed by atoms with Crippen LogP contribution in [0.2, 0.25) is 0 Å². The van der Waals surface area contributed by atoms with Gasteiger partial charge in [0.15, 0.2) is 0 Å². The molecular weight excluding hydrogens is 276 g/mol. The van der Waals surface area contributed by atoms with Gasteiger partial charge in [0.1, 0.15) is 0 Å². The Bertz CT molecular complexity index is 230. The Balaban J connectivity index is 4.47. The molecule has 0 heterocycles. The first-order chi connectivity index (χ1) is 11.0. The fourth-order valence-electron chi connectivity index (χ4n) is 4.26. The smallest absolute Gasteiger partial charge is 0.0386 e. The molecule has 23 heavy (non-hydrogen) atoms. The maximum atomic E-state index is 2.53. The van der Waals surface area contributed by atoms with E-state index in [1.807, 2.05) is 0 Å². The zero-order valence-corrected chi connectivity index (χ0v) is 17.5. The molecule has 3 unspecified atom stereocenters. The summed E-state index contributed by atoms with van der Waals surface area (Å²) < 4.78 is 0. The molecule has 0 radical (unpaired) electrons. The van der Waals surface area contributed by atoms with Crippen molar-refractivity contribution < 1.29 is 0 Å². The van der Waals surface area contributed by atoms with Crippen molar-refractivity contribution in [2.45, 2.75) is 125 Å². The van der Waals surface area contributed by atoms with Gasteiger partial charge in [-0.05, 0) is 36.5 Å². The van der Waals surface area contributed by atoms with Gasteiger partial charge in [-0.15, -0.1) is 0 Å². The van der Waals surface area contributed by atoms with Gasteiger partial charge in [0, 0.05) is 0 Å². The van der Waals surface area contributed by atoms with E-state index in [0.29, 0.717) is 0 Å². The predicted octanol–water partition coefficient (Wildman–Crippen LogP) is 8.64. The largest absolute Gasteiger partial charge is 0.0654 e. The molecule has 0 aromatic heterocycles.